The highest BCUT2D eigenvalue weighted by Gasteiger charge is 2.44. The summed E-state index contributed by atoms with van der Waals surface area (Å²) in [7, 11) is 0. The van der Waals surface area contributed by atoms with Crippen LogP contribution in [0.1, 0.15) is 24.0 Å². The van der Waals surface area contributed by atoms with E-state index >= 15 is 0 Å². The summed E-state index contributed by atoms with van der Waals surface area (Å²) in [6.45, 7) is 1.47. The van der Waals surface area contributed by atoms with E-state index in [0.29, 0.717) is 30.6 Å². The maximum Gasteiger partial charge on any atom is 0.417 e. The molecule has 0 spiro atoms. The van der Waals surface area contributed by atoms with Gasteiger partial charge in [0, 0.05) is 43.4 Å². The van der Waals surface area contributed by atoms with E-state index in [2.05, 4.69) is 15.6 Å². The molecule has 5 nitrogen and oxygen atoms in total. The first-order valence-electron chi connectivity index (χ1n) is 10.3. The predicted molar refractivity (Wildman–Crippen MR) is 107 cm³/mol. The van der Waals surface area contributed by atoms with Gasteiger partial charge in [0.05, 0.1) is 5.56 Å². The average molecular weight is 416 g/mol. The number of pyridine rings is 1. The monoisotopic (exact) mass is 416 g/mol. The van der Waals surface area contributed by atoms with Crippen molar-refractivity contribution in [2.24, 2.45) is 11.8 Å². The molecule has 4 atom stereocenters. The molecule has 3 aliphatic rings. The van der Waals surface area contributed by atoms with Crippen molar-refractivity contribution in [2.45, 2.75) is 37.5 Å². The number of fused-ring (bicyclic) bond motifs is 2. The molecule has 0 bridgehead atoms. The molecule has 0 radical (unpaired) electrons. The second kappa shape index (κ2) is 7.18. The highest BCUT2D eigenvalue weighted by atomic mass is 19.4. The van der Waals surface area contributed by atoms with Crippen molar-refractivity contribution in [3.63, 3.8) is 0 Å². The molecule has 1 aromatic carbocycles. The van der Waals surface area contributed by atoms with E-state index in [1.54, 1.807) is 0 Å². The number of aromatic nitrogens is 1. The molecule has 158 valence electrons. The number of hydrogen-bond donors (Lipinski definition) is 2. The van der Waals surface area contributed by atoms with Gasteiger partial charge in [0.1, 0.15) is 11.9 Å². The molecule has 3 heterocycles. The number of carbonyl (C=O) groups excluding carboxylic acids is 1. The number of nitrogens with zero attached hydrogens (tertiary/aromatic N) is 2. The van der Waals surface area contributed by atoms with E-state index < -0.39 is 11.7 Å². The molecule has 1 saturated heterocycles. The standard InChI is InChI=1S/C22H23F3N4O/c23-22(24,25)15-6-8-20(26-10-15)29-11-14-5-7-18(16(14)12-29)28-21(30)19-9-13-3-1-2-4-17(13)27-19/h1-4,6,8,10,14,16,18-19,27H,5,7,9,11-12H2,(H,28,30)/t14-,16+,18+,19+/m1/s1. The van der Waals surface area contributed by atoms with Gasteiger partial charge in [-0.25, -0.2) is 4.98 Å². The number of para-hydroxylation sites is 1. The first-order chi connectivity index (χ1) is 14.4. The second-order valence-corrected chi connectivity index (χ2v) is 8.48. The van der Waals surface area contributed by atoms with Crippen LogP contribution in [0.3, 0.4) is 0 Å². The Kier molecular flexibility index (Phi) is 4.60. The lowest BCUT2D eigenvalue weighted by Gasteiger charge is -2.24. The Bertz CT molecular complexity index is 921. The van der Waals surface area contributed by atoms with Crippen LogP contribution in [-0.2, 0) is 17.4 Å². The van der Waals surface area contributed by atoms with Crippen molar-refractivity contribution in [2.75, 3.05) is 23.3 Å². The zero-order chi connectivity index (χ0) is 20.9. The molecule has 2 aliphatic heterocycles. The van der Waals surface area contributed by atoms with Crippen LogP contribution >= 0.6 is 0 Å². The number of amides is 1. The van der Waals surface area contributed by atoms with Crippen LogP contribution in [0.4, 0.5) is 24.7 Å². The summed E-state index contributed by atoms with van der Waals surface area (Å²) in [5, 5.41) is 6.53. The molecule has 1 aromatic heterocycles. The fourth-order valence-corrected chi connectivity index (χ4v) is 5.11. The van der Waals surface area contributed by atoms with Crippen molar-refractivity contribution in [3.8, 4) is 0 Å². The number of halogens is 3. The molecule has 30 heavy (non-hydrogen) atoms. The SMILES string of the molecule is O=C(N[C@H]1CC[C@@H]2CN(c3ccc(C(F)(F)F)cn3)C[C@@H]21)[C@@H]1Cc2ccccc2N1. The van der Waals surface area contributed by atoms with Gasteiger partial charge in [0.2, 0.25) is 5.91 Å². The Morgan fingerprint density at radius 1 is 1.13 bits per heavy atom. The Morgan fingerprint density at radius 2 is 1.97 bits per heavy atom. The molecular weight excluding hydrogens is 393 g/mol. The maximum absolute atomic E-state index is 12.8. The molecule has 1 amide bonds. The summed E-state index contributed by atoms with van der Waals surface area (Å²) in [6.07, 6.45) is -0.854. The lowest BCUT2D eigenvalue weighted by atomic mass is 9.97. The highest BCUT2D eigenvalue weighted by molar-refractivity contribution is 5.87. The number of alkyl halides is 3. The molecule has 5 rings (SSSR count). The van der Waals surface area contributed by atoms with Crippen LogP contribution in [-0.4, -0.2) is 36.1 Å². The van der Waals surface area contributed by atoms with Crippen LogP contribution in [0, 0.1) is 11.8 Å². The first-order valence-corrected chi connectivity index (χ1v) is 10.3. The van der Waals surface area contributed by atoms with Gasteiger partial charge in [0.25, 0.3) is 0 Å². The van der Waals surface area contributed by atoms with Crippen molar-refractivity contribution in [1.29, 1.82) is 0 Å². The van der Waals surface area contributed by atoms with E-state index in [4.69, 9.17) is 0 Å². The molecule has 1 saturated carbocycles. The summed E-state index contributed by atoms with van der Waals surface area (Å²) >= 11 is 0. The minimum Gasteiger partial charge on any atom is -0.373 e. The minimum atomic E-state index is -4.38. The zero-order valence-corrected chi connectivity index (χ0v) is 16.3. The van der Waals surface area contributed by atoms with Gasteiger partial charge in [-0.3, -0.25) is 4.79 Å². The van der Waals surface area contributed by atoms with Gasteiger partial charge in [-0.2, -0.15) is 13.2 Å². The fourth-order valence-electron chi connectivity index (χ4n) is 5.11. The van der Waals surface area contributed by atoms with Crippen LogP contribution in [0.15, 0.2) is 42.6 Å². The number of hydrogen-bond acceptors (Lipinski definition) is 4. The lowest BCUT2D eigenvalue weighted by molar-refractivity contribution is -0.137. The lowest BCUT2D eigenvalue weighted by Crippen LogP contribution is -2.46. The molecule has 1 aliphatic carbocycles. The summed E-state index contributed by atoms with van der Waals surface area (Å²) < 4.78 is 38.3. The van der Waals surface area contributed by atoms with Gasteiger partial charge in [-0.15, -0.1) is 0 Å². The molecule has 8 heteroatoms. The molecule has 2 N–H and O–H groups in total. The van der Waals surface area contributed by atoms with E-state index in [0.717, 1.165) is 42.9 Å². The molecular formula is C22H23F3N4O. The number of rotatable bonds is 3. The third-order valence-electron chi connectivity index (χ3n) is 6.67. The van der Waals surface area contributed by atoms with E-state index in [1.807, 2.05) is 29.2 Å². The van der Waals surface area contributed by atoms with Crippen LogP contribution in [0.5, 0.6) is 0 Å². The first kappa shape index (κ1) is 19.2. The van der Waals surface area contributed by atoms with Gasteiger partial charge in [-0.05, 0) is 42.5 Å². The summed E-state index contributed by atoms with van der Waals surface area (Å²) in [4.78, 5) is 18.9. The highest BCUT2D eigenvalue weighted by Crippen LogP contribution is 2.40. The molecule has 0 unspecified atom stereocenters. The van der Waals surface area contributed by atoms with Gasteiger partial charge < -0.3 is 15.5 Å². The molecule has 2 aromatic rings. The van der Waals surface area contributed by atoms with E-state index in [9.17, 15) is 18.0 Å². The summed E-state index contributed by atoms with van der Waals surface area (Å²) in [6, 6.07) is 10.3. The Balaban J connectivity index is 1.21. The minimum absolute atomic E-state index is 0.0166. The Labute approximate surface area is 172 Å². The normalized spacial score (nSPS) is 27.5. The predicted octanol–water partition coefficient (Wildman–Crippen LogP) is 3.47. The third kappa shape index (κ3) is 3.48. The van der Waals surface area contributed by atoms with Gasteiger partial charge >= 0.3 is 6.18 Å². The quantitative estimate of drug-likeness (QED) is 0.805. The largest absolute Gasteiger partial charge is 0.417 e. The van der Waals surface area contributed by atoms with Gasteiger partial charge in [0.15, 0.2) is 0 Å². The maximum atomic E-state index is 12.8. The summed E-state index contributed by atoms with van der Waals surface area (Å²) in [5.74, 6) is 1.30. The van der Waals surface area contributed by atoms with E-state index in [-0.39, 0.29) is 18.0 Å². The number of anilines is 2. The Hall–Kier alpha value is -2.77. The fraction of sp³-hybridized carbons (Fsp3) is 0.455. The number of benzene rings is 1. The second-order valence-electron chi connectivity index (χ2n) is 8.48. The van der Waals surface area contributed by atoms with Crippen LogP contribution in [0.25, 0.3) is 0 Å². The third-order valence-corrected chi connectivity index (χ3v) is 6.67. The Morgan fingerprint density at radius 3 is 2.70 bits per heavy atom. The van der Waals surface area contributed by atoms with Crippen molar-refractivity contribution >= 4 is 17.4 Å². The smallest absolute Gasteiger partial charge is 0.373 e. The van der Waals surface area contributed by atoms with Crippen LogP contribution in [0.2, 0.25) is 0 Å². The van der Waals surface area contributed by atoms with Crippen molar-refractivity contribution in [3.05, 3.63) is 53.7 Å². The number of carbonyl (C=O) groups is 1. The molecule has 2 fully saturated rings. The van der Waals surface area contributed by atoms with Crippen molar-refractivity contribution in [1.82, 2.24) is 10.3 Å². The van der Waals surface area contributed by atoms with Crippen LogP contribution < -0.4 is 15.5 Å². The average Bonchev–Trinajstić information content (AvgIpc) is 3.42. The summed E-state index contributed by atoms with van der Waals surface area (Å²) in [5.41, 5.74) is 1.44. The van der Waals surface area contributed by atoms with E-state index in [1.165, 1.54) is 6.07 Å². The van der Waals surface area contributed by atoms with Crippen molar-refractivity contribution < 1.29 is 18.0 Å². The topological polar surface area (TPSA) is 57.3 Å². The number of nitrogens with one attached hydrogen (secondary N) is 2. The zero-order valence-electron chi connectivity index (χ0n) is 16.3. The van der Waals surface area contributed by atoms with Gasteiger partial charge in [-0.1, -0.05) is 18.2 Å².